The number of carbonyl (C=O) groups is 1. The van der Waals surface area contributed by atoms with E-state index in [-0.39, 0.29) is 11.5 Å². The van der Waals surface area contributed by atoms with Crippen molar-refractivity contribution in [2.45, 2.75) is 46.1 Å². The first-order chi connectivity index (χ1) is 16.7. The Morgan fingerprint density at radius 1 is 1.17 bits per heavy atom. The Hall–Kier alpha value is -2.72. The monoisotopic (exact) mass is 607 g/mol. The average molecular weight is 609 g/mol. The summed E-state index contributed by atoms with van der Waals surface area (Å²) in [7, 11) is 1.30. The number of benzene rings is 2. The van der Waals surface area contributed by atoms with Crippen molar-refractivity contribution in [1.82, 2.24) is 9.66 Å². The highest BCUT2D eigenvalue weighted by Gasteiger charge is 2.19. The minimum atomic E-state index is -0.815. The lowest BCUT2D eigenvalue weighted by molar-refractivity contribution is -0.147. The lowest BCUT2D eigenvalue weighted by atomic mass is 10.1. The second-order valence-corrected chi connectivity index (χ2v) is 9.61. The fourth-order valence-corrected chi connectivity index (χ4v) is 4.10. The molecule has 1 aromatic heterocycles. The molecule has 10 heteroatoms. The minimum absolute atomic E-state index is 0.0194. The quantitative estimate of drug-likeness (QED) is 0.230. The smallest absolute Gasteiger partial charge is 0.346 e. The third-order valence-electron chi connectivity index (χ3n) is 5.40. The van der Waals surface area contributed by atoms with Gasteiger partial charge in [-0.1, -0.05) is 29.8 Å². The lowest BCUT2D eigenvalue weighted by Crippen LogP contribution is -2.25. The van der Waals surface area contributed by atoms with Crippen LogP contribution in [-0.2, 0) is 9.53 Å². The molecule has 35 heavy (non-hydrogen) atoms. The maximum absolute atomic E-state index is 13.4. The molecule has 3 rings (SSSR count). The number of rotatable bonds is 9. The summed E-state index contributed by atoms with van der Waals surface area (Å²) in [6, 6.07) is 8.85. The summed E-state index contributed by atoms with van der Waals surface area (Å²) in [5.41, 5.74) is 1.03. The van der Waals surface area contributed by atoms with E-state index < -0.39 is 12.1 Å². The molecule has 0 saturated heterocycles. The third kappa shape index (κ3) is 6.10. The van der Waals surface area contributed by atoms with E-state index in [0.717, 1.165) is 10.9 Å². The maximum Gasteiger partial charge on any atom is 0.346 e. The molecule has 2 aromatic carbocycles. The van der Waals surface area contributed by atoms with Crippen molar-refractivity contribution < 1.29 is 19.0 Å². The third-order valence-corrected chi connectivity index (χ3v) is 6.58. The molecule has 0 amide bonds. The van der Waals surface area contributed by atoms with Gasteiger partial charge >= 0.3 is 5.97 Å². The van der Waals surface area contributed by atoms with Crippen molar-refractivity contribution in [3.05, 3.63) is 61.0 Å². The van der Waals surface area contributed by atoms with E-state index in [1.165, 1.54) is 11.8 Å². The van der Waals surface area contributed by atoms with Crippen molar-refractivity contribution >= 4 is 54.9 Å². The van der Waals surface area contributed by atoms with Crippen molar-refractivity contribution in [2.24, 2.45) is 5.10 Å². The molecule has 0 saturated carbocycles. The number of hydrogen-bond acceptors (Lipinski definition) is 7. The molecule has 186 valence electrons. The molecule has 2 atom stereocenters. The van der Waals surface area contributed by atoms with Gasteiger partial charge in [-0.25, -0.2) is 9.78 Å². The van der Waals surface area contributed by atoms with E-state index in [2.05, 4.69) is 37.0 Å². The zero-order valence-corrected chi connectivity index (χ0v) is 23.3. The van der Waals surface area contributed by atoms with E-state index in [1.807, 2.05) is 32.9 Å². The van der Waals surface area contributed by atoms with Crippen molar-refractivity contribution in [2.75, 3.05) is 13.7 Å². The van der Waals surface area contributed by atoms with E-state index in [4.69, 9.17) is 19.2 Å². The lowest BCUT2D eigenvalue weighted by Gasteiger charge is -2.17. The Bertz CT molecular complexity index is 1320. The maximum atomic E-state index is 13.4. The summed E-state index contributed by atoms with van der Waals surface area (Å²) in [6.07, 6.45) is 1.55. The number of carbonyl (C=O) groups excluding carboxylic acids is 1. The highest BCUT2D eigenvalue weighted by atomic mass is 79.9. The van der Waals surface area contributed by atoms with Gasteiger partial charge in [0, 0.05) is 20.4 Å². The average Bonchev–Trinajstić information content (AvgIpc) is 2.84. The van der Waals surface area contributed by atoms with E-state index in [9.17, 15) is 9.59 Å². The van der Waals surface area contributed by atoms with Gasteiger partial charge in [0.1, 0.15) is 5.82 Å². The van der Waals surface area contributed by atoms with Crippen molar-refractivity contribution in [3.8, 4) is 11.5 Å². The van der Waals surface area contributed by atoms with Crippen LogP contribution < -0.4 is 15.0 Å². The fourth-order valence-electron chi connectivity index (χ4n) is 3.31. The van der Waals surface area contributed by atoms with Crippen molar-refractivity contribution in [1.29, 1.82) is 0 Å². The van der Waals surface area contributed by atoms with Crippen molar-refractivity contribution in [3.63, 3.8) is 0 Å². The summed E-state index contributed by atoms with van der Waals surface area (Å²) in [5, 5.41) is 4.99. The number of halogens is 2. The molecule has 0 radical (unpaired) electrons. The van der Waals surface area contributed by atoms with Gasteiger partial charge in [-0.3, -0.25) is 4.79 Å². The summed E-state index contributed by atoms with van der Waals surface area (Å²) < 4.78 is 19.0. The predicted molar refractivity (Wildman–Crippen MR) is 143 cm³/mol. The highest BCUT2D eigenvalue weighted by Crippen LogP contribution is 2.34. The number of aromatic nitrogens is 2. The van der Waals surface area contributed by atoms with E-state index in [0.29, 0.717) is 44.9 Å². The Morgan fingerprint density at radius 2 is 1.91 bits per heavy atom. The molecule has 0 fully saturated rings. The van der Waals surface area contributed by atoms with Gasteiger partial charge in [-0.2, -0.15) is 9.78 Å². The molecule has 3 aromatic rings. The van der Waals surface area contributed by atoms with Gasteiger partial charge in [0.05, 0.1) is 30.8 Å². The molecule has 0 bridgehead atoms. The molecular formula is C25H27Br2N3O5. The van der Waals surface area contributed by atoms with Gasteiger partial charge in [-0.05, 0) is 66.5 Å². The summed E-state index contributed by atoms with van der Waals surface area (Å²) in [4.78, 5) is 29.9. The van der Waals surface area contributed by atoms with Crippen LogP contribution in [-0.4, -0.2) is 41.7 Å². The SMILES string of the molecule is CCOc1cc(C=Nn2c([C@H](C)CC)nc3ccc(Br)cc3c2=O)c(Br)cc1O[C@@H](C)C(=O)OC. The Kier molecular flexibility index (Phi) is 9.07. The first kappa shape index (κ1) is 26.9. The first-order valence-electron chi connectivity index (χ1n) is 11.2. The molecule has 0 aliphatic carbocycles. The van der Waals surface area contributed by atoms with Crippen LogP contribution in [0.3, 0.4) is 0 Å². The molecule has 1 heterocycles. The molecule has 8 nitrogen and oxygen atoms in total. The second kappa shape index (κ2) is 11.8. The van der Waals surface area contributed by atoms with Gasteiger partial charge < -0.3 is 14.2 Å². The number of fused-ring (bicyclic) bond motifs is 1. The minimum Gasteiger partial charge on any atom is -0.490 e. The molecule has 0 N–H and O–H groups in total. The van der Waals surface area contributed by atoms with Gasteiger partial charge in [-0.15, -0.1) is 0 Å². The fraction of sp³-hybridized carbons (Fsp3) is 0.360. The normalized spacial score (nSPS) is 13.1. The standard InChI is InChI=1S/C25H27Br2N3O5/c1-6-14(3)23-29-20-9-8-17(26)11-18(20)24(31)30(23)28-13-16-10-21(34-7-2)22(12-19(16)27)35-15(4)25(32)33-5/h8-15H,6-7H2,1-5H3/t14-,15+/m1/s1. The number of nitrogens with zero attached hydrogens (tertiary/aromatic N) is 3. The second-order valence-electron chi connectivity index (χ2n) is 7.84. The van der Waals surface area contributed by atoms with Crippen LogP contribution in [0.15, 0.2) is 49.2 Å². The zero-order chi connectivity index (χ0) is 25.7. The van der Waals surface area contributed by atoms with Crippen LogP contribution in [0.25, 0.3) is 10.9 Å². The van der Waals surface area contributed by atoms with E-state index >= 15 is 0 Å². The number of hydrogen-bond donors (Lipinski definition) is 0. The Balaban J connectivity index is 2.09. The van der Waals surface area contributed by atoms with Crippen LogP contribution in [0.1, 0.15) is 51.4 Å². The summed E-state index contributed by atoms with van der Waals surface area (Å²) in [6.45, 7) is 7.88. The molecule has 0 spiro atoms. The van der Waals surface area contributed by atoms with Gasteiger partial charge in [0.25, 0.3) is 5.56 Å². The molecule has 0 aliphatic heterocycles. The summed E-state index contributed by atoms with van der Waals surface area (Å²) >= 11 is 6.95. The van der Waals surface area contributed by atoms with E-state index in [1.54, 1.807) is 31.3 Å². The Morgan fingerprint density at radius 3 is 2.57 bits per heavy atom. The van der Waals surface area contributed by atoms with Crippen LogP contribution >= 0.6 is 31.9 Å². The van der Waals surface area contributed by atoms with Gasteiger partial charge in [0.15, 0.2) is 17.6 Å². The van der Waals surface area contributed by atoms with Crippen LogP contribution in [0.5, 0.6) is 11.5 Å². The topological polar surface area (TPSA) is 92.0 Å². The van der Waals surface area contributed by atoms with Gasteiger partial charge in [0.2, 0.25) is 0 Å². The highest BCUT2D eigenvalue weighted by molar-refractivity contribution is 9.10. The van der Waals surface area contributed by atoms with Crippen LogP contribution in [0.2, 0.25) is 0 Å². The predicted octanol–water partition coefficient (Wildman–Crippen LogP) is 5.66. The molecule has 0 aliphatic rings. The zero-order valence-electron chi connectivity index (χ0n) is 20.2. The number of esters is 1. The Labute approximate surface area is 220 Å². The summed E-state index contributed by atoms with van der Waals surface area (Å²) in [5.74, 6) is 0.913. The number of methoxy groups -OCH3 is 1. The van der Waals surface area contributed by atoms with Crippen LogP contribution in [0, 0.1) is 0 Å². The number of ether oxygens (including phenoxy) is 3. The van der Waals surface area contributed by atoms with Crippen LogP contribution in [0.4, 0.5) is 0 Å². The largest absolute Gasteiger partial charge is 0.490 e. The first-order valence-corrected chi connectivity index (χ1v) is 12.8. The molecule has 0 unspecified atom stereocenters. The molecular weight excluding hydrogens is 582 g/mol.